The number of pyridine rings is 1. The van der Waals surface area contributed by atoms with Crippen molar-refractivity contribution < 1.29 is 4.74 Å². The number of hydrogen-bond acceptors (Lipinski definition) is 4. The van der Waals surface area contributed by atoms with Crippen LogP contribution >= 0.6 is 0 Å². The molecule has 0 bridgehead atoms. The van der Waals surface area contributed by atoms with Crippen LogP contribution < -0.4 is 5.32 Å². The van der Waals surface area contributed by atoms with Gasteiger partial charge in [0.25, 0.3) is 0 Å². The first-order valence-electron chi connectivity index (χ1n) is 6.46. The van der Waals surface area contributed by atoms with Crippen molar-refractivity contribution in [2.45, 2.75) is 26.3 Å². The van der Waals surface area contributed by atoms with Gasteiger partial charge in [-0.15, -0.1) is 0 Å². The molecule has 0 radical (unpaired) electrons. The van der Waals surface area contributed by atoms with Gasteiger partial charge >= 0.3 is 0 Å². The van der Waals surface area contributed by atoms with Crippen molar-refractivity contribution in [3.8, 4) is 5.82 Å². The molecular formula is C14H20N4O. The molecule has 5 nitrogen and oxygen atoms in total. The summed E-state index contributed by atoms with van der Waals surface area (Å²) in [7, 11) is 1.72. The Morgan fingerprint density at radius 1 is 1.37 bits per heavy atom. The van der Waals surface area contributed by atoms with E-state index in [1.807, 2.05) is 36.0 Å². The van der Waals surface area contributed by atoms with Crippen molar-refractivity contribution in [2.75, 3.05) is 19.0 Å². The predicted octanol–water partition coefficient (Wildman–Crippen LogP) is 2.41. The van der Waals surface area contributed by atoms with E-state index in [9.17, 15) is 0 Å². The number of aryl methyl sites for hydroxylation is 1. The first-order valence-corrected chi connectivity index (χ1v) is 6.46. The molecule has 0 saturated heterocycles. The van der Waals surface area contributed by atoms with E-state index < -0.39 is 0 Å². The summed E-state index contributed by atoms with van der Waals surface area (Å²) in [5.41, 5.74) is 1.01. The normalized spacial score (nSPS) is 12.4. The zero-order valence-corrected chi connectivity index (χ0v) is 11.6. The summed E-state index contributed by atoms with van der Waals surface area (Å²) in [5.74, 6) is 1.80. The second kappa shape index (κ2) is 6.33. The molecule has 0 aromatic carbocycles. The SMILES string of the molecule is CCC(COC)Nc1ccc(-n2ccnc2C)nc1. The lowest BCUT2D eigenvalue weighted by Crippen LogP contribution is -2.23. The molecule has 19 heavy (non-hydrogen) atoms. The number of ether oxygens (including phenoxy) is 1. The highest BCUT2D eigenvalue weighted by atomic mass is 16.5. The molecule has 0 amide bonds. The molecule has 1 atom stereocenters. The number of nitrogens with one attached hydrogen (secondary N) is 1. The fourth-order valence-corrected chi connectivity index (χ4v) is 1.93. The van der Waals surface area contributed by atoms with Gasteiger partial charge in [-0.05, 0) is 25.5 Å². The van der Waals surface area contributed by atoms with Gasteiger partial charge in [0.05, 0.1) is 18.5 Å². The highest BCUT2D eigenvalue weighted by Crippen LogP contribution is 2.13. The van der Waals surface area contributed by atoms with Crippen LogP contribution in [0.3, 0.4) is 0 Å². The Bertz CT molecular complexity index is 506. The standard InChI is InChI=1S/C14H20N4O/c1-4-12(10-19-3)17-13-5-6-14(16-9-13)18-8-7-15-11(18)2/h5-9,12,17H,4,10H2,1-3H3. The first-order chi connectivity index (χ1) is 9.24. The Kier molecular flexibility index (Phi) is 4.52. The van der Waals surface area contributed by atoms with Crippen LogP contribution in [0.2, 0.25) is 0 Å². The predicted molar refractivity (Wildman–Crippen MR) is 75.7 cm³/mol. The van der Waals surface area contributed by atoms with Crippen LogP contribution in [0.5, 0.6) is 0 Å². The Hall–Kier alpha value is -1.88. The van der Waals surface area contributed by atoms with Crippen LogP contribution in [0.4, 0.5) is 5.69 Å². The molecule has 0 fully saturated rings. The molecule has 2 aromatic heterocycles. The van der Waals surface area contributed by atoms with Gasteiger partial charge in [0.15, 0.2) is 0 Å². The number of imidazole rings is 1. The van der Waals surface area contributed by atoms with Gasteiger partial charge in [-0.25, -0.2) is 9.97 Å². The molecule has 1 unspecified atom stereocenters. The molecule has 0 aliphatic carbocycles. The summed E-state index contributed by atoms with van der Waals surface area (Å²) < 4.78 is 7.12. The summed E-state index contributed by atoms with van der Waals surface area (Å²) in [4.78, 5) is 8.64. The van der Waals surface area contributed by atoms with E-state index in [2.05, 4.69) is 22.2 Å². The molecule has 0 aliphatic rings. The first kappa shape index (κ1) is 13.5. The second-order valence-electron chi connectivity index (χ2n) is 4.45. The number of methoxy groups -OCH3 is 1. The van der Waals surface area contributed by atoms with Crippen molar-refractivity contribution in [1.29, 1.82) is 0 Å². The second-order valence-corrected chi connectivity index (χ2v) is 4.45. The molecule has 2 rings (SSSR count). The van der Waals surface area contributed by atoms with Crippen LogP contribution in [-0.4, -0.2) is 34.3 Å². The van der Waals surface area contributed by atoms with E-state index in [-0.39, 0.29) is 0 Å². The number of hydrogen-bond donors (Lipinski definition) is 1. The van der Waals surface area contributed by atoms with Crippen LogP contribution in [-0.2, 0) is 4.74 Å². The molecule has 1 N–H and O–H groups in total. The Morgan fingerprint density at radius 3 is 2.74 bits per heavy atom. The largest absolute Gasteiger partial charge is 0.383 e. The zero-order chi connectivity index (χ0) is 13.7. The van der Waals surface area contributed by atoms with Gasteiger partial charge in [0.1, 0.15) is 11.6 Å². The third kappa shape index (κ3) is 3.32. The molecule has 102 valence electrons. The lowest BCUT2D eigenvalue weighted by molar-refractivity contribution is 0.184. The minimum absolute atomic E-state index is 0.313. The Labute approximate surface area is 113 Å². The van der Waals surface area contributed by atoms with E-state index in [4.69, 9.17) is 4.74 Å². The van der Waals surface area contributed by atoms with Crippen LogP contribution in [0, 0.1) is 6.92 Å². The lowest BCUT2D eigenvalue weighted by Gasteiger charge is -2.17. The fourth-order valence-electron chi connectivity index (χ4n) is 1.93. The zero-order valence-electron chi connectivity index (χ0n) is 11.6. The summed E-state index contributed by atoms with van der Waals surface area (Å²) in [5, 5.41) is 3.40. The Balaban J connectivity index is 2.08. The van der Waals surface area contributed by atoms with Gasteiger partial charge in [-0.2, -0.15) is 0 Å². The highest BCUT2D eigenvalue weighted by Gasteiger charge is 2.06. The minimum Gasteiger partial charge on any atom is -0.383 e. The van der Waals surface area contributed by atoms with E-state index in [1.54, 1.807) is 13.3 Å². The molecule has 5 heteroatoms. The highest BCUT2D eigenvalue weighted by molar-refractivity contribution is 5.44. The summed E-state index contributed by atoms with van der Waals surface area (Å²) in [6, 6.07) is 4.32. The van der Waals surface area contributed by atoms with Crippen molar-refractivity contribution in [2.24, 2.45) is 0 Å². The molecule has 0 aliphatic heterocycles. The number of nitrogens with zero attached hydrogens (tertiary/aromatic N) is 3. The van der Waals surface area contributed by atoms with Crippen molar-refractivity contribution in [1.82, 2.24) is 14.5 Å². The van der Waals surface area contributed by atoms with Crippen molar-refractivity contribution >= 4 is 5.69 Å². The smallest absolute Gasteiger partial charge is 0.138 e. The van der Waals surface area contributed by atoms with E-state index in [0.717, 1.165) is 23.8 Å². The summed E-state index contributed by atoms with van der Waals surface area (Å²) >= 11 is 0. The third-order valence-electron chi connectivity index (χ3n) is 3.05. The van der Waals surface area contributed by atoms with Gasteiger partial charge in [0.2, 0.25) is 0 Å². The number of rotatable bonds is 6. The van der Waals surface area contributed by atoms with Gasteiger partial charge in [-0.1, -0.05) is 6.92 Å². The third-order valence-corrected chi connectivity index (χ3v) is 3.05. The van der Waals surface area contributed by atoms with E-state index in [0.29, 0.717) is 12.6 Å². The van der Waals surface area contributed by atoms with Crippen LogP contribution in [0.15, 0.2) is 30.7 Å². The van der Waals surface area contributed by atoms with Gasteiger partial charge in [0, 0.05) is 25.5 Å². The number of aromatic nitrogens is 3. The number of anilines is 1. The van der Waals surface area contributed by atoms with Crippen LogP contribution in [0.25, 0.3) is 5.82 Å². The van der Waals surface area contributed by atoms with E-state index in [1.165, 1.54) is 0 Å². The van der Waals surface area contributed by atoms with Crippen molar-refractivity contribution in [3.05, 3.63) is 36.5 Å². The molecule has 2 aromatic rings. The summed E-state index contributed by atoms with van der Waals surface area (Å²) in [6.07, 6.45) is 6.53. The minimum atomic E-state index is 0.313. The summed E-state index contributed by atoms with van der Waals surface area (Å²) in [6.45, 7) is 4.78. The fraction of sp³-hybridized carbons (Fsp3) is 0.429. The quantitative estimate of drug-likeness (QED) is 0.866. The van der Waals surface area contributed by atoms with Crippen LogP contribution in [0.1, 0.15) is 19.2 Å². The average Bonchev–Trinajstić information content (AvgIpc) is 2.85. The maximum absolute atomic E-state index is 5.17. The Morgan fingerprint density at radius 2 is 2.21 bits per heavy atom. The molecule has 0 spiro atoms. The average molecular weight is 260 g/mol. The van der Waals surface area contributed by atoms with Crippen molar-refractivity contribution in [3.63, 3.8) is 0 Å². The van der Waals surface area contributed by atoms with Gasteiger partial charge in [-0.3, -0.25) is 4.57 Å². The lowest BCUT2D eigenvalue weighted by atomic mass is 10.2. The van der Waals surface area contributed by atoms with E-state index >= 15 is 0 Å². The molecule has 0 saturated carbocycles. The maximum atomic E-state index is 5.17. The maximum Gasteiger partial charge on any atom is 0.138 e. The molecule has 2 heterocycles. The monoisotopic (exact) mass is 260 g/mol. The molecular weight excluding hydrogens is 240 g/mol. The van der Waals surface area contributed by atoms with Gasteiger partial charge < -0.3 is 10.1 Å². The topological polar surface area (TPSA) is 52.0 Å².